The number of halogens is 2. The first-order valence-electron chi connectivity index (χ1n) is 3.15. The topological polar surface area (TPSA) is 33.1 Å². The molecule has 11 heavy (non-hydrogen) atoms. The maximum Gasteiger partial charge on any atom is 0.142 e. The lowest BCUT2D eigenvalue weighted by Crippen LogP contribution is -1.98. The minimum atomic E-state index is -0.337. The van der Waals surface area contributed by atoms with Gasteiger partial charge in [0.25, 0.3) is 0 Å². The Morgan fingerprint density at radius 3 is 2.91 bits per heavy atom. The van der Waals surface area contributed by atoms with Crippen molar-refractivity contribution < 1.29 is 9.50 Å². The smallest absolute Gasteiger partial charge is 0.142 e. The first-order chi connectivity index (χ1) is 5.24. The molecular weight excluding hydrogens is 260 g/mol. The van der Waals surface area contributed by atoms with Crippen LogP contribution in [0.5, 0.6) is 0 Å². The predicted octanol–water partition coefficient (Wildman–Crippen LogP) is 1.36. The van der Waals surface area contributed by atoms with Crippen LogP contribution in [0.2, 0.25) is 0 Å². The number of pyridine rings is 1. The lowest BCUT2D eigenvalue weighted by molar-refractivity contribution is 0.298. The maximum absolute atomic E-state index is 12.5. The fraction of sp³-hybridized carbons (Fsp3) is 0.286. The van der Waals surface area contributed by atoms with Crippen LogP contribution in [0.15, 0.2) is 12.3 Å². The molecule has 0 fully saturated rings. The Kier molecular flexibility index (Phi) is 3.19. The van der Waals surface area contributed by atoms with Crippen molar-refractivity contribution in [1.82, 2.24) is 4.98 Å². The maximum atomic E-state index is 12.5. The molecule has 0 radical (unpaired) electrons. The monoisotopic (exact) mass is 267 g/mol. The Morgan fingerprint density at radius 2 is 2.36 bits per heavy atom. The van der Waals surface area contributed by atoms with E-state index in [2.05, 4.69) is 4.98 Å². The average Bonchev–Trinajstić information content (AvgIpc) is 1.95. The van der Waals surface area contributed by atoms with Crippen LogP contribution in [0, 0.1) is 9.39 Å². The van der Waals surface area contributed by atoms with Crippen molar-refractivity contribution >= 4 is 22.6 Å². The SMILES string of the molecule is OCCc1ncc(F)cc1I. The largest absolute Gasteiger partial charge is 0.396 e. The minimum Gasteiger partial charge on any atom is -0.396 e. The molecule has 0 aliphatic rings. The highest BCUT2D eigenvalue weighted by molar-refractivity contribution is 14.1. The normalized spacial score (nSPS) is 10.1. The third kappa shape index (κ3) is 2.37. The molecule has 1 N–H and O–H groups in total. The standard InChI is InChI=1S/C7H7FINO/c8-5-3-6(9)7(1-2-11)10-4-5/h3-4,11H,1-2H2. The number of aromatic nitrogens is 1. The summed E-state index contributed by atoms with van der Waals surface area (Å²) in [5, 5.41) is 8.58. The van der Waals surface area contributed by atoms with Gasteiger partial charge in [-0.1, -0.05) is 0 Å². The van der Waals surface area contributed by atoms with Crippen molar-refractivity contribution in [3.8, 4) is 0 Å². The van der Waals surface area contributed by atoms with E-state index < -0.39 is 0 Å². The van der Waals surface area contributed by atoms with E-state index in [0.29, 0.717) is 6.42 Å². The van der Waals surface area contributed by atoms with Crippen molar-refractivity contribution in [1.29, 1.82) is 0 Å². The molecule has 1 aromatic heterocycles. The van der Waals surface area contributed by atoms with Gasteiger partial charge in [-0.15, -0.1) is 0 Å². The second-order valence-corrected chi connectivity index (χ2v) is 3.22. The van der Waals surface area contributed by atoms with Crippen molar-refractivity contribution in [3.05, 3.63) is 27.3 Å². The number of hydrogen-bond donors (Lipinski definition) is 1. The van der Waals surface area contributed by atoms with Crippen LogP contribution >= 0.6 is 22.6 Å². The molecule has 0 unspecified atom stereocenters. The van der Waals surface area contributed by atoms with E-state index in [0.717, 1.165) is 15.5 Å². The molecule has 0 saturated heterocycles. The zero-order chi connectivity index (χ0) is 8.27. The third-order valence-electron chi connectivity index (χ3n) is 1.23. The zero-order valence-corrected chi connectivity index (χ0v) is 7.88. The van der Waals surface area contributed by atoms with Gasteiger partial charge in [-0.2, -0.15) is 0 Å². The fourth-order valence-corrected chi connectivity index (χ4v) is 1.44. The van der Waals surface area contributed by atoms with Crippen LogP contribution in [0.3, 0.4) is 0 Å². The zero-order valence-electron chi connectivity index (χ0n) is 5.72. The van der Waals surface area contributed by atoms with Crippen LogP contribution in [0.25, 0.3) is 0 Å². The average molecular weight is 267 g/mol. The van der Waals surface area contributed by atoms with E-state index in [4.69, 9.17) is 5.11 Å². The molecule has 1 rings (SSSR count). The van der Waals surface area contributed by atoms with E-state index in [-0.39, 0.29) is 12.4 Å². The summed E-state index contributed by atoms with van der Waals surface area (Å²) in [6.07, 6.45) is 1.64. The quantitative estimate of drug-likeness (QED) is 0.821. The molecule has 0 bridgehead atoms. The van der Waals surface area contributed by atoms with Gasteiger partial charge in [0.15, 0.2) is 0 Å². The number of hydrogen-bond acceptors (Lipinski definition) is 2. The number of rotatable bonds is 2. The fourth-order valence-electron chi connectivity index (χ4n) is 0.733. The Morgan fingerprint density at radius 1 is 1.64 bits per heavy atom. The number of nitrogens with zero attached hydrogens (tertiary/aromatic N) is 1. The molecule has 60 valence electrons. The van der Waals surface area contributed by atoms with Crippen LogP contribution in [-0.4, -0.2) is 16.7 Å². The van der Waals surface area contributed by atoms with Gasteiger partial charge in [0.1, 0.15) is 5.82 Å². The van der Waals surface area contributed by atoms with E-state index in [9.17, 15) is 4.39 Å². The molecule has 1 heterocycles. The summed E-state index contributed by atoms with van der Waals surface area (Å²) >= 11 is 2.00. The van der Waals surface area contributed by atoms with E-state index in [1.165, 1.54) is 6.07 Å². The van der Waals surface area contributed by atoms with E-state index >= 15 is 0 Å². The summed E-state index contributed by atoms with van der Waals surface area (Å²) in [4.78, 5) is 3.83. The number of aliphatic hydroxyl groups excluding tert-OH is 1. The Labute approximate surface area is 77.6 Å². The third-order valence-corrected chi connectivity index (χ3v) is 2.17. The van der Waals surface area contributed by atoms with Gasteiger partial charge < -0.3 is 5.11 Å². The van der Waals surface area contributed by atoms with Gasteiger partial charge in [0, 0.05) is 16.6 Å². The van der Waals surface area contributed by atoms with E-state index in [1.54, 1.807) is 0 Å². The van der Waals surface area contributed by atoms with Crippen molar-refractivity contribution in [2.24, 2.45) is 0 Å². The number of aliphatic hydroxyl groups is 1. The highest BCUT2D eigenvalue weighted by Crippen LogP contribution is 2.10. The summed E-state index contributed by atoms with van der Waals surface area (Å²) in [6.45, 7) is 0.0502. The summed E-state index contributed by atoms with van der Waals surface area (Å²) < 4.78 is 13.2. The Bertz CT molecular complexity index is 254. The van der Waals surface area contributed by atoms with Crippen LogP contribution < -0.4 is 0 Å². The molecule has 2 nitrogen and oxygen atoms in total. The molecule has 4 heteroatoms. The lowest BCUT2D eigenvalue weighted by Gasteiger charge is -1.99. The molecule has 0 aromatic carbocycles. The first-order valence-corrected chi connectivity index (χ1v) is 4.22. The summed E-state index contributed by atoms with van der Waals surface area (Å²) in [5.41, 5.74) is 0.745. The van der Waals surface area contributed by atoms with Crippen molar-refractivity contribution in [2.75, 3.05) is 6.61 Å². The molecule has 0 aliphatic heterocycles. The minimum absolute atomic E-state index is 0.0502. The van der Waals surface area contributed by atoms with Gasteiger partial charge in [0.05, 0.1) is 11.9 Å². The second kappa shape index (κ2) is 3.96. The van der Waals surface area contributed by atoms with Gasteiger partial charge in [-0.3, -0.25) is 4.98 Å². The first kappa shape index (κ1) is 8.86. The van der Waals surface area contributed by atoms with Crippen LogP contribution in [0.4, 0.5) is 4.39 Å². The molecular formula is C7H7FINO. The molecule has 0 amide bonds. The molecule has 0 aliphatic carbocycles. The van der Waals surface area contributed by atoms with Gasteiger partial charge >= 0.3 is 0 Å². The molecule has 0 atom stereocenters. The Balaban J connectivity index is 2.90. The predicted molar refractivity (Wildman–Crippen MR) is 47.7 cm³/mol. The molecule has 0 saturated carbocycles. The lowest BCUT2D eigenvalue weighted by atomic mass is 10.3. The Hall–Kier alpha value is -0.230. The van der Waals surface area contributed by atoms with Crippen molar-refractivity contribution in [3.63, 3.8) is 0 Å². The molecule has 0 spiro atoms. The highest BCUT2D eigenvalue weighted by Gasteiger charge is 2.01. The van der Waals surface area contributed by atoms with Gasteiger partial charge in [-0.25, -0.2) is 4.39 Å². The van der Waals surface area contributed by atoms with Crippen molar-refractivity contribution in [2.45, 2.75) is 6.42 Å². The summed E-state index contributed by atoms with van der Waals surface area (Å²) in [7, 11) is 0. The van der Waals surface area contributed by atoms with Crippen LogP contribution in [-0.2, 0) is 6.42 Å². The molecule has 1 aromatic rings. The van der Waals surface area contributed by atoms with Crippen LogP contribution in [0.1, 0.15) is 5.69 Å². The highest BCUT2D eigenvalue weighted by atomic mass is 127. The second-order valence-electron chi connectivity index (χ2n) is 2.06. The summed E-state index contributed by atoms with van der Waals surface area (Å²) in [6, 6.07) is 1.40. The van der Waals surface area contributed by atoms with E-state index in [1.807, 2.05) is 22.6 Å². The van der Waals surface area contributed by atoms with Gasteiger partial charge in [-0.05, 0) is 28.7 Å². The van der Waals surface area contributed by atoms with Gasteiger partial charge in [0.2, 0.25) is 0 Å². The summed E-state index contributed by atoms with van der Waals surface area (Å²) in [5.74, 6) is -0.337.